The maximum atomic E-state index is 11.9. The lowest BCUT2D eigenvalue weighted by molar-refractivity contribution is -0.128. The average Bonchev–Trinajstić information content (AvgIpc) is 3.22. The molecule has 0 aromatic carbocycles. The Morgan fingerprint density at radius 2 is 2.16 bits per heavy atom. The van der Waals surface area contributed by atoms with Gasteiger partial charge in [0.2, 0.25) is 5.91 Å². The van der Waals surface area contributed by atoms with E-state index in [4.69, 9.17) is 4.42 Å². The molecule has 0 spiro atoms. The number of carbonyl (C=O) groups is 1. The second-order valence-electron chi connectivity index (χ2n) is 6.77. The van der Waals surface area contributed by atoms with Crippen LogP contribution in [0.25, 0.3) is 11.0 Å². The van der Waals surface area contributed by atoms with Gasteiger partial charge in [0, 0.05) is 12.0 Å². The van der Waals surface area contributed by atoms with Crippen LogP contribution < -0.4 is 10.6 Å². The third kappa shape index (κ3) is 3.96. The first-order valence-corrected chi connectivity index (χ1v) is 8.16. The highest BCUT2D eigenvalue weighted by Crippen LogP contribution is 2.19. The molecule has 0 aliphatic carbocycles. The molecule has 25 heavy (non-hydrogen) atoms. The minimum Gasteiger partial charge on any atom is -0.467 e. The van der Waals surface area contributed by atoms with Crippen molar-refractivity contribution in [3.05, 3.63) is 36.7 Å². The lowest BCUT2D eigenvalue weighted by Gasteiger charge is -2.17. The second-order valence-corrected chi connectivity index (χ2v) is 6.77. The Bertz CT molecular complexity index is 848. The molecule has 3 aromatic heterocycles. The first-order valence-electron chi connectivity index (χ1n) is 8.16. The Labute approximate surface area is 145 Å². The summed E-state index contributed by atoms with van der Waals surface area (Å²) in [6.07, 6.45) is 4.86. The monoisotopic (exact) mass is 342 g/mol. The summed E-state index contributed by atoms with van der Waals surface area (Å²) in [4.78, 5) is 20.5. The molecular formula is C17H22N6O2. The summed E-state index contributed by atoms with van der Waals surface area (Å²) in [5.41, 5.74) is 0.319. The van der Waals surface area contributed by atoms with Crippen molar-refractivity contribution in [1.29, 1.82) is 0 Å². The maximum Gasteiger partial charge on any atom is 0.225 e. The van der Waals surface area contributed by atoms with E-state index < -0.39 is 5.41 Å². The molecule has 0 fully saturated rings. The second kappa shape index (κ2) is 6.92. The van der Waals surface area contributed by atoms with E-state index in [1.54, 1.807) is 17.1 Å². The van der Waals surface area contributed by atoms with Gasteiger partial charge in [0.15, 0.2) is 5.65 Å². The van der Waals surface area contributed by atoms with Crippen molar-refractivity contribution < 1.29 is 9.21 Å². The van der Waals surface area contributed by atoms with Gasteiger partial charge < -0.3 is 15.1 Å². The number of fused-ring (bicyclic) bond motifs is 1. The minimum atomic E-state index is -0.405. The molecule has 8 heteroatoms. The number of hydrogen-bond acceptors (Lipinski definition) is 6. The van der Waals surface area contributed by atoms with Gasteiger partial charge in [0.1, 0.15) is 17.9 Å². The Kier molecular flexibility index (Phi) is 4.69. The molecule has 0 atom stereocenters. The lowest BCUT2D eigenvalue weighted by Crippen LogP contribution is -2.36. The van der Waals surface area contributed by atoms with E-state index in [0.717, 1.165) is 16.8 Å². The number of rotatable bonds is 6. The van der Waals surface area contributed by atoms with Gasteiger partial charge >= 0.3 is 0 Å². The molecule has 3 rings (SSSR count). The first kappa shape index (κ1) is 16.9. The van der Waals surface area contributed by atoms with E-state index in [1.165, 1.54) is 6.33 Å². The molecule has 132 valence electrons. The van der Waals surface area contributed by atoms with E-state index in [-0.39, 0.29) is 5.91 Å². The highest BCUT2D eigenvalue weighted by molar-refractivity contribution is 5.86. The molecule has 3 heterocycles. The van der Waals surface area contributed by atoms with Gasteiger partial charge in [0.05, 0.1) is 30.9 Å². The van der Waals surface area contributed by atoms with Crippen LogP contribution in [-0.2, 0) is 17.9 Å². The zero-order valence-corrected chi connectivity index (χ0v) is 14.6. The summed E-state index contributed by atoms with van der Waals surface area (Å²) >= 11 is 0. The Morgan fingerprint density at radius 3 is 2.88 bits per heavy atom. The average molecular weight is 342 g/mol. The number of nitrogens with zero attached hydrogens (tertiary/aromatic N) is 4. The van der Waals surface area contributed by atoms with Gasteiger partial charge in [0.25, 0.3) is 0 Å². The summed E-state index contributed by atoms with van der Waals surface area (Å²) in [7, 11) is 0. The standard InChI is InChI=1S/C17H22N6O2/c1-17(2,3)16(24)18-6-7-23-15-13(10-22-23)14(20-11-21-15)19-9-12-5-4-8-25-12/h4-5,8,10-11H,6-7,9H2,1-3H3,(H,18,24)(H,19,20,21). The van der Waals surface area contributed by atoms with Crippen LogP contribution in [0.5, 0.6) is 0 Å². The molecule has 0 aliphatic heterocycles. The van der Waals surface area contributed by atoms with Crippen LogP contribution in [0.4, 0.5) is 5.82 Å². The molecular weight excluding hydrogens is 320 g/mol. The van der Waals surface area contributed by atoms with Crippen LogP contribution in [0.3, 0.4) is 0 Å². The third-order valence-corrected chi connectivity index (χ3v) is 3.73. The maximum absolute atomic E-state index is 11.9. The Hall–Kier alpha value is -2.90. The highest BCUT2D eigenvalue weighted by atomic mass is 16.3. The van der Waals surface area contributed by atoms with Gasteiger partial charge in [-0.3, -0.25) is 4.79 Å². The number of hydrogen-bond donors (Lipinski definition) is 2. The highest BCUT2D eigenvalue weighted by Gasteiger charge is 2.20. The number of nitrogens with one attached hydrogen (secondary N) is 2. The molecule has 0 unspecified atom stereocenters. The fraction of sp³-hybridized carbons (Fsp3) is 0.412. The number of amides is 1. The van der Waals surface area contributed by atoms with Gasteiger partial charge in [-0.15, -0.1) is 0 Å². The zero-order chi connectivity index (χ0) is 17.9. The number of furan rings is 1. The van der Waals surface area contributed by atoms with Crippen LogP contribution in [0, 0.1) is 5.41 Å². The molecule has 2 N–H and O–H groups in total. The Balaban J connectivity index is 1.67. The molecule has 0 bridgehead atoms. The van der Waals surface area contributed by atoms with Crippen LogP contribution in [0.2, 0.25) is 0 Å². The molecule has 8 nitrogen and oxygen atoms in total. The Morgan fingerprint density at radius 1 is 1.32 bits per heavy atom. The summed E-state index contributed by atoms with van der Waals surface area (Å²) in [6.45, 7) is 7.22. The fourth-order valence-electron chi connectivity index (χ4n) is 2.32. The molecule has 0 aliphatic rings. The molecule has 1 amide bonds. The zero-order valence-electron chi connectivity index (χ0n) is 14.6. The van der Waals surface area contributed by atoms with Crippen molar-refractivity contribution >= 4 is 22.8 Å². The van der Waals surface area contributed by atoms with Crippen molar-refractivity contribution in [2.45, 2.75) is 33.9 Å². The van der Waals surface area contributed by atoms with E-state index in [1.807, 2.05) is 32.9 Å². The summed E-state index contributed by atoms with van der Waals surface area (Å²) in [5.74, 6) is 1.54. The van der Waals surface area contributed by atoms with Crippen molar-refractivity contribution in [2.75, 3.05) is 11.9 Å². The smallest absolute Gasteiger partial charge is 0.225 e. The number of anilines is 1. The molecule has 0 radical (unpaired) electrons. The van der Waals surface area contributed by atoms with Crippen molar-refractivity contribution in [1.82, 2.24) is 25.1 Å². The van der Waals surface area contributed by atoms with E-state index in [9.17, 15) is 4.79 Å². The molecule has 0 saturated carbocycles. The lowest BCUT2D eigenvalue weighted by atomic mass is 9.96. The molecule has 0 saturated heterocycles. The summed E-state index contributed by atoms with van der Waals surface area (Å²) in [6, 6.07) is 3.74. The predicted octanol–water partition coefficient (Wildman–Crippen LogP) is 2.19. The largest absolute Gasteiger partial charge is 0.467 e. The van der Waals surface area contributed by atoms with Crippen LogP contribution in [0.15, 0.2) is 35.3 Å². The van der Waals surface area contributed by atoms with Gasteiger partial charge in [-0.05, 0) is 12.1 Å². The predicted molar refractivity (Wildman–Crippen MR) is 93.8 cm³/mol. The van der Waals surface area contributed by atoms with E-state index in [0.29, 0.717) is 25.5 Å². The quantitative estimate of drug-likeness (QED) is 0.712. The fourth-order valence-corrected chi connectivity index (χ4v) is 2.32. The summed E-state index contributed by atoms with van der Waals surface area (Å²) in [5, 5.41) is 11.3. The number of carbonyl (C=O) groups excluding carboxylic acids is 1. The van der Waals surface area contributed by atoms with Gasteiger partial charge in [-0.25, -0.2) is 14.6 Å². The van der Waals surface area contributed by atoms with Gasteiger partial charge in [-0.2, -0.15) is 5.10 Å². The van der Waals surface area contributed by atoms with Crippen LogP contribution >= 0.6 is 0 Å². The van der Waals surface area contributed by atoms with E-state index in [2.05, 4.69) is 25.7 Å². The van der Waals surface area contributed by atoms with Gasteiger partial charge in [-0.1, -0.05) is 20.8 Å². The van der Waals surface area contributed by atoms with E-state index >= 15 is 0 Å². The minimum absolute atomic E-state index is 0.0133. The first-order chi connectivity index (χ1) is 11.9. The van der Waals surface area contributed by atoms with Crippen LogP contribution in [-0.4, -0.2) is 32.2 Å². The topological polar surface area (TPSA) is 97.9 Å². The van der Waals surface area contributed by atoms with Crippen molar-refractivity contribution in [3.8, 4) is 0 Å². The molecule has 3 aromatic rings. The van der Waals surface area contributed by atoms with Crippen LogP contribution in [0.1, 0.15) is 26.5 Å². The van der Waals surface area contributed by atoms with Crippen molar-refractivity contribution in [3.63, 3.8) is 0 Å². The normalized spacial score (nSPS) is 11.6. The summed E-state index contributed by atoms with van der Waals surface area (Å²) < 4.78 is 7.07. The SMILES string of the molecule is CC(C)(C)C(=O)NCCn1ncc2c(NCc3ccco3)ncnc21. The number of aromatic nitrogens is 4. The third-order valence-electron chi connectivity index (χ3n) is 3.73. The van der Waals surface area contributed by atoms with Crippen molar-refractivity contribution in [2.24, 2.45) is 5.41 Å².